The normalized spacial score (nSPS) is 25.0. The summed E-state index contributed by atoms with van der Waals surface area (Å²) in [5.41, 5.74) is 1.32. The van der Waals surface area contributed by atoms with Crippen LogP contribution in [0.5, 0.6) is 5.75 Å². The van der Waals surface area contributed by atoms with Crippen LogP contribution in [-0.2, 0) is 6.42 Å². The fourth-order valence-electron chi connectivity index (χ4n) is 3.46. The zero-order chi connectivity index (χ0) is 13.7. The summed E-state index contributed by atoms with van der Waals surface area (Å²) in [5.74, 6) is 2.71. The van der Waals surface area contributed by atoms with Gasteiger partial charge in [0.2, 0.25) is 0 Å². The van der Waals surface area contributed by atoms with Gasteiger partial charge in [-0.15, -0.1) is 0 Å². The Bertz CT molecular complexity index is 391. The average molecular weight is 261 g/mol. The fourth-order valence-corrected chi connectivity index (χ4v) is 3.46. The number of likely N-dealkylation sites (N-methyl/N-ethyl adjacent to an activating group) is 1. The van der Waals surface area contributed by atoms with E-state index in [2.05, 4.69) is 37.5 Å². The Labute approximate surface area is 117 Å². The van der Waals surface area contributed by atoms with E-state index in [9.17, 15) is 0 Å². The van der Waals surface area contributed by atoms with Gasteiger partial charge in [0.1, 0.15) is 5.75 Å². The molecule has 1 N–H and O–H groups in total. The second kappa shape index (κ2) is 6.95. The molecule has 0 spiro atoms. The standard InChI is InChI=1S/C17H27NO/c1-13-7-6-9-14(11-13)16(18-2)12-15-8-4-5-10-17(15)19-3/h4-5,8,10,13-14,16,18H,6-7,9,11-12H2,1-3H3. The van der Waals surface area contributed by atoms with Crippen molar-refractivity contribution in [1.82, 2.24) is 5.32 Å². The minimum atomic E-state index is 0.569. The molecule has 1 saturated carbocycles. The topological polar surface area (TPSA) is 21.3 Å². The first-order valence-electron chi connectivity index (χ1n) is 7.53. The molecule has 3 unspecified atom stereocenters. The molecule has 0 saturated heterocycles. The van der Waals surface area contributed by atoms with E-state index < -0.39 is 0 Å². The molecule has 2 heteroatoms. The van der Waals surface area contributed by atoms with Crippen LogP contribution in [0.3, 0.4) is 0 Å². The van der Waals surface area contributed by atoms with Crippen LogP contribution in [0.4, 0.5) is 0 Å². The van der Waals surface area contributed by atoms with Gasteiger partial charge >= 0.3 is 0 Å². The number of rotatable bonds is 5. The summed E-state index contributed by atoms with van der Waals surface area (Å²) in [5, 5.41) is 3.54. The van der Waals surface area contributed by atoms with Crippen molar-refractivity contribution in [2.75, 3.05) is 14.2 Å². The lowest BCUT2D eigenvalue weighted by Gasteiger charge is -2.33. The molecule has 1 aromatic carbocycles. The van der Waals surface area contributed by atoms with E-state index in [-0.39, 0.29) is 0 Å². The van der Waals surface area contributed by atoms with Gasteiger partial charge in [-0.3, -0.25) is 0 Å². The van der Waals surface area contributed by atoms with E-state index in [4.69, 9.17) is 4.74 Å². The molecule has 106 valence electrons. The molecule has 3 atom stereocenters. The highest BCUT2D eigenvalue weighted by atomic mass is 16.5. The molecule has 19 heavy (non-hydrogen) atoms. The van der Waals surface area contributed by atoms with Crippen molar-refractivity contribution in [2.45, 2.75) is 45.1 Å². The zero-order valence-electron chi connectivity index (χ0n) is 12.5. The van der Waals surface area contributed by atoms with Crippen LogP contribution >= 0.6 is 0 Å². The minimum absolute atomic E-state index is 0.569. The van der Waals surface area contributed by atoms with Crippen molar-refractivity contribution in [3.63, 3.8) is 0 Å². The molecule has 0 amide bonds. The SMILES string of the molecule is CNC(Cc1ccccc1OC)C1CCCC(C)C1. The molecular weight excluding hydrogens is 234 g/mol. The number of nitrogens with one attached hydrogen (secondary N) is 1. The van der Waals surface area contributed by atoms with Gasteiger partial charge in [0, 0.05) is 6.04 Å². The summed E-state index contributed by atoms with van der Waals surface area (Å²) >= 11 is 0. The van der Waals surface area contributed by atoms with E-state index in [1.165, 1.54) is 31.2 Å². The van der Waals surface area contributed by atoms with Crippen molar-refractivity contribution >= 4 is 0 Å². The molecule has 1 aliphatic carbocycles. The predicted octanol–water partition coefficient (Wildman–Crippen LogP) is 3.65. The van der Waals surface area contributed by atoms with Crippen LogP contribution in [0.2, 0.25) is 0 Å². The maximum Gasteiger partial charge on any atom is 0.122 e. The van der Waals surface area contributed by atoms with Gasteiger partial charge in [-0.2, -0.15) is 0 Å². The molecule has 0 aliphatic heterocycles. The Balaban J connectivity index is 2.05. The number of benzene rings is 1. The van der Waals surface area contributed by atoms with Crippen molar-refractivity contribution in [3.8, 4) is 5.75 Å². The second-order valence-corrected chi connectivity index (χ2v) is 5.94. The van der Waals surface area contributed by atoms with Gasteiger partial charge in [-0.1, -0.05) is 38.0 Å². The number of ether oxygens (including phenoxy) is 1. The molecule has 1 fully saturated rings. The summed E-state index contributed by atoms with van der Waals surface area (Å²) in [6.07, 6.45) is 6.58. The molecule has 0 bridgehead atoms. The number of hydrogen-bond acceptors (Lipinski definition) is 2. The Morgan fingerprint density at radius 3 is 2.79 bits per heavy atom. The fraction of sp³-hybridized carbons (Fsp3) is 0.647. The maximum absolute atomic E-state index is 5.47. The first-order chi connectivity index (χ1) is 9.24. The van der Waals surface area contributed by atoms with Gasteiger partial charge < -0.3 is 10.1 Å². The Morgan fingerprint density at radius 1 is 1.32 bits per heavy atom. The van der Waals surface area contributed by atoms with Crippen molar-refractivity contribution in [1.29, 1.82) is 0 Å². The molecule has 2 rings (SSSR count). The molecule has 1 aromatic rings. The summed E-state index contributed by atoms with van der Waals surface area (Å²) in [6, 6.07) is 8.97. The molecular formula is C17H27NO. The quantitative estimate of drug-likeness (QED) is 0.873. The molecule has 2 nitrogen and oxygen atoms in total. The molecule has 0 aromatic heterocycles. The number of hydrogen-bond donors (Lipinski definition) is 1. The summed E-state index contributed by atoms with van der Waals surface area (Å²) in [4.78, 5) is 0. The van der Waals surface area contributed by atoms with Gasteiger partial charge in [-0.05, 0) is 49.8 Å². The first kappa shape index (κ1) is 14.4. The van der Waals surface area contributed by atoms with Crippen LogP contribution in [0, 0.1) is 11.8 Å². The van der Waals surface area contributed by atoms with Crippen LogP contribution in [0.25, 0.3) is 0 Å². The maximum atomic E-state index is 5.47. The van der Waals surface area contributed by atoms with E-state index in [1.54, 1.807) is 7.11 Å². The van der Waals surface area contributed by atoms with E-state index in [0.717, 1.165) is 24.0 Å². The Kier molecular flexibility index (Phi) is 5.26. The van der Waals surface area contributed by atoms with Gasteiger partial charge in [0.15, 0.2) is 0 Å². The van der Waals surface area contributed by atoms with Gasteiger partial charge in [0.05, 0.1) is 7.11 Å². The van der Waals surface area contributed by atoms with Crippen molar-refractivity contribution in [3.05, 3.63) is 29.8 Å². The van der Waals surface area contributed by atoms with E-state index >= 15 is 0 Å². The third kappa shape index (κ3) is 3.73. The highest BCUT2D eigenvalue weighted by Crippen LogP contribution is 2.32. The highest BCUT2D eigenvalue weighted by Gasteiger charge is 2.26. The Hall–Kier alpha value is -1.02. The highest BCUT2D eigenvalue weighted by molar-refractivity contribution is 5.33. The monoisotopic (exact) mass is 261 g/mol. The summed E-state index contributed by atoms with van der Waals surface area (Å²) in [6.45, 7) is 2.39. The third-order valence-electron chi connectivity index (χ3n) is 4.55. The minimum Gasteiger partial charge on any atom is -0.496 e. The number of methoxy groups -OCH3 is 1. The lowest BCUT2D eigenvalue weighted by Crippen LogP contribution is -2.38. The van der Waals surface area contributed by atoms with Crippen LogP contribution in [-0.4, -0.2) is 20.2 Å². The Morgan fingerprint density at radius 2 is 2.11 bits per heavy atom. The van der Waals surface area contributed by atoms with Crippen LogP contribution < -0.4 is 10.1 Å². The second-order valence-electron chi connectivity index (χ2n) is 5.94. The smallest absolute Gasteiger partial charge is 0.122 e. The lowest BCUT2D eigenvalue weighted by atomic mass is 9.77. The average Bonchev–Trinajstić information content (AvgIpc) is 2.45. The van der Waals surface area contributed by atoms with Crippen molar-refractivity contribution in [2.24, 2.45) is 11.8 Å². The number of para-hydroxylation sites is 1. The van der Waals surface area contributed by atoms with Gasteiger partial charge in [0.25, 0.3) is 0 Å². The van der Waals surface area contributed by atoms with Crippen LogP contribution in [0.1, 0.15) is 38.2 Å². The van der Waals surface area contributed by atoms with Gasteiger partial charge in [-0.25, -0.2) is 0 Å². The largest absolute Gasteiger partial charge is 0.496 e. The van der Waals surface area contributed by atoms with E-state index in [1.807, 2.05) is 6.07 Å². The molecule has 0 heterocycles. The third-order valence-corrected chi connectivity index (χ3v) is 4.55. The molecule has 1 aliphatic rings. The lowest BCUT2D eigenvalue weighted by molar-refractivity contribution is 0.226. The van der Waals surface area contributed by atoms with Crippen molar-refractivity contribution < 1.29 is 4.74 Å². The van der Waals surface area contributed by atoms with E-state index in [0.29, 0.717) is 6.04 Å². The predicted molar refractivity (Wildman–Crippen MR) is 80.7 cm³/mol. The molecule has 0 radical (unpaired) electrons. The summed E-state index contributed by atoms with van der Waals surface area (Å²) < 4.78 is 5.47. The summed E-state index contributed by atoms with van der Waals surface area (Å²) in [7, 11) is 3.86. The van der Waals surface area contributed by atoms with Crippen LogP contribution in [0.15, 0.2) is 24.3 Å². The first-order valence-corrected chi connectivity index (χ1v) is 7.53. The zero-order valence-corrected chi connectivity index (χ0v) is 12.5.